The molecule has 132 valence electrons. The van der Waals surface area contributed by atoms with Crippen molar-refractivity contribution < 1.29 is 4.79 Å². The van der Waals surface area contributed by atoms with E-state index in [2.05, 4.69) is 41.4 Å². The van der Waals surface area contributed by atoms with Crippen molar-refractivity contribution in [3.8, 4) is 11.3 Å². The van der Waals surface area contributed by atoms with Gasteiger partial charge in [-0.1, -0.05) is 60.7 Å². The van der Waals surface area contributed by atoms with Gasteiger partial charge in [-0.3, -0.25) is 9.89 Å². The molecule has 5 rings (SSSR count). The lowest BCUT2D eigenvalue weighted by atomic mass is 10.0. The zero-order valence-corrected chi connectivity index (χ0v) is 15.0. The van der Waals surface area contributed by atoms with E-state index in [1.165, 1.54) is 5.56 Å². The summed E-state index contributed by atoms with van der Waals surface area (Å²) in [6.45, 7) is 2.08. The van der Waals surface area contributed by atoms with Crippen molar-refractivity contribution in [2.45, 2.75) is 19.4 Å². The number of benzene rings is 3. The topological polar surface area (TPSA) is 49.0 Å². The number of nitrogens with one attached hydrogen (secondary N) is 1. The molecule has 1 N–H and O–H groups in total. The van der Waals surface area contributed by atoms with Crippen molar-refractivity contribution in [1.29, 1.82) is 0 Å². The monoisotopic (exact) mass is 353 g/mol. The number of aromatic amines is 1. The molecule has 0 spiro atoms. The first-order valence-electron chi connectivity index (χ1n) is 9.17. The molecule has 4 aromatic rings. The molecule has 1 amide bonds. The van der Waals surface area contributed by atoms with Gasteiger partial charge in [0.25, 0.3) is 5.91 Å². The lowest BCUT2D eigenvalue weighted by molar-refractivity contribution is 0.0976. The number of H-pyrrole nitrogens is 1. The molecule has 2 heterocycles. The molecule has 0 aliphatic carbocycles. The molecule has 1 unspecified atom stereocenters. The second-order valence-electron chi connectivity index (χ2n) is 7.05. The van der Waals surface area contributed by atoms with Crippen LogP contribution < -0.4 is 4.90 Å². The molecular weight excluding hydrogens is 334 g/mol. The van der Waals surface area contributed by atoms with Crippen molar-refractivity contribution in [2.75, 3.05) is 4.90 Å². The Labute approximate surface area is 157 Å². The summed E-state index contributed by atoms with van der Waals surface area (Å²) in [4.78, 5) is 15.1. The molecule has 0 radical (unpaired) electrons. The van der Waals surface area contributed by atoms with E-state index in [1.807, 2.05) is 53.4 Å². The highest BCUT2D eigenvalue weighted by Crippen LogP contribution is 2.33. The first-order chi connectivity index (χ1) is 13.2. The molecule has 1 atom stereocenters. The third-order valence-electron chi connectivity index (χ3n) is 5.30. The van der Waals surface area contributed by atoms with Crippen LogP contribution in [0.3, 0.4) is 0 Å². The number of rotatable bonds is 2. The van der Waals surface area contributed by atoms with Crippen LogP contribution in [-0.4, -0.2) is 22.1 Å². The Balaban J connectivity index is 1.53. The van der Waals surface area contributed by atoms with Crippen molar-refractivity contribution >= 4 is 22.4 Å². The van der Waals surface area contributed by atoms with Gasteiger partial charge in [0, 0.05) is 17.3 Å². The highest BCUT2D eigenvalue weighted by molar-refractivity contribution is 6.07. The molecule has 0 saturated heterocycles. The Hall–Kier alpha value is -3.40. The summed E-state index contributed by atoms with van der Waals surface area (Å²) in [5.74, 6) is -0.0357. The van der Waals surface area contributed by atoms with Gasteiger partial charge in [0.1, 0.15) is 5.69 Å². The van der Waals surface area contributed by atoms with Crippen molar-refractivity contribution in [2.24, 2.45) is 0 Å². The number of hydrogen-bond acceptors (Lipinski definition) is 2. The van der Waals surface area contributed by atoms with E-state index in [-0.39, 0.29) is 11.9 Å². The lowest BCUT2D eigenvalue weighted by Gasteiger charge is -2.21. The molecule has 0 fully saturated rings. The summed E-state index contributed by atoms with van der Waals surface area (Å²) < 4.78 is 0. The summed E-state index contributed by atoms with van der Waals surface area (Å²) in [7, 11) is 0. The molecule has 0 saturated carbocycles. The van der Waals surface area contributed by atoms with Crippen LogP contribution in [0.2, 0.25) is 0 Å². The van der Waals surface area contributed by atoms with Gasteiger partial charge in [0.15, 0.2) is 0 Å². The number of para-hydroxylation sites is 1. The van der Waals surface area contributed by atoms with Crippen LogP contribution in [0, 0.1) is 0 Å². The molecule has 27 heavy (non-hydrogen) atoms. The largest absolute Gasteiger partial charge is 0.304 e. The Morgan fingerprint density at radius 2 is 1.81 bits per heavy atom. The highest BCUT2D eigenvalue weighted by Gasteiger charge is 2.32. The van der Waals surface area contributed by atoms with Gasteiger partial charge in [-0.2, -0.15) is 5.10 Å². The SMILES string of the molecule is CC1Cc2ccccc2N1C(=O)c1cc(-c2cccc3ccccc23)n[nH]1. The Morgan fingerprint density at radius 3 is 2.74 bits per heavy atom. The molecule has 4 nitrogen and oxygen atoms in total. The second kappa shape index (κ2) is 6.09. The minimum absolute atomic E-state index is 0.0357. The normalized spacial score (nSPS) is 15.9. The third kappa shape index (κ3) is 2.53. The fraction of sp³-hybridized carbons (Fsp3) is 0.130. The zero-order valence-electron chi connectivity index (χ0n) is 15.0. The highest BCUT2D eigenvalue weighted by atomic mass is 16.2. The van der Waals surface area contributed by atoms with Crippen LogP contribution >= 0.6 is 0 Å². The number of anilines is 1. The van der Waals surface area contributed by atoms with E-state index in [1.54, 1.807) is 0 Å². The van der Waals surface area contributed by atoms with E-state index < -0.39 is 0 Å². The fourth-order valence-corrected chi connectivity index (χ4v) is 4.02. The predicted molar refractivity (Wildman–Crippen MR) is 108 cm³/mol. The minimum Gasteiger partial charge on any atom is -0.304 e. The molecule has 4 heteroatoms. The molecular formula is C23H19N3O. The van der Waals surface area contributed by atoms with E-state index in [9.17, 15) is 4.79 Å². The number of amides is 1. The molecule has 1 aliphatic rings. The van der Waals surface area contributed by atoms with Crippen LogP contribution in [0.15, 0.2) is 72.8 Å². The first-order valence-corrected chi connectivity index (χ1v) is 9.17. The van der Waals surface area contributed by atoms with E-state index in [0.717, 1.165) is 34.1 Å². The molecule has 1 aromatic heterocycles. The smallest absolute Gasteiger partial charge is 0.276 e. The zero-order chi connectivity index (χ0) is 18.4. The third-order valence-corrected chi connectivity index (χ3v) is 5.30. The Morgan fingerprint density at radius 1 is 1.04 bits per heavy atom. The Bertz CT molecular complexity index is 1160. The van der Waals surface area contributed by atoms with Crippen LogP contribution in [0.4, 0.5) is 5.69 Å². The molecule has 3 aromatic carbocycles. The van der Waals surface area contributed by atoms with Crippen molar-refractivity contribution in [3.05, 3.63) is 84.1 Å². The summed E-state index contributed by atoms with van der Waals surface area (Å²) in [6.07, 6.45) is 0.881. The second-order valence-corrected chi connectivity index (χ2v) is 7.05. The lowest BCUT2D eigenvalue weighted by Crippen LogP contribution is -2.35. The number of carbonyl (C=O) groups excluding carboxylic acids is 1. The number of carbonyl (C=O) groups is 1. The standard InChI is InChI=1S/C23H19N3O/c1-15-13-17-8-3-5-12-22(17)26(15)23(27)21-14-20(24-25-21)19-11-6-9-16-7-2-4-10-18(16)19/h2-12,14-15H,13H2,1H3,(H,24,25). The average Bonchev–Trinajstić information content (AvgIpc) is 3.31. The maximum absolute atomic E-state index is 13.2. The van der Waals surface area contributed by atoms with E-state index in [0.29, 0.717) is 5.69 Å². The van der Waals surface area contributed by atoms with Gasteiger partial charge in [-0.05, 0) is 41.8 Å². The quantitative estimate of drug-likeness (QED) is 0.561. The average molecular weight is 353 g/mol. The summed E-state index contributed by atoms with van der Waals surface area (Å²) >= 11 is 0. The van der Waals surface area contributed by atoms with E-state index in [4.69, 9.17) is 0 Å². The van der Waals surface area contributed by atoms with Crippen LogP contribution in [0.5, 0.6) is 0 Å². The van der Waals surface area contributed by atoms with Crippen molar-refractivity contribution in [3.63, 3.8) is 0 Å². The van der Waals surface area contributed by atoms with Gasteiger partial charge in [-0.15, -0.1) is 0 Å². The number of aromatic nitrogens is 2. The van der Waals surface area contributed by atoms with Crippen LogP contribution in [0.25, 0.3) is 22.0 Å². The minimum atomic E-state index is -0.0357. The number of hydrogen-bond donors (Lipinski definition) is 1. The van der Waals surface area contributed by atoms with Gasteiger partial charge in [0.05, 0.1) is 5.69 Å². The molecule has 0 bridgehead atoms. The molecule has 1 aliphatic heterocycles. The van der Waals surface area contributed by atoms with Gasteiger partial charge < -0.3 is 4.90 Å². The predicted octanol–water partition coefficient (Wildman–Crippen LogP) is 4.82. The summed E-state index contributed by atoms with van der Waals surface area (Å²) in [5, 5.41) is 9.68. The number of nitrogens with zero attached hydrogens (tertiary/aromatic N) is 2. The van der Waals surface area contributed by atoms with Gasteiger partial charge >= 0.3 is 0 Å². The maximum Gasteiger partial charge on any atom is 0.276 e. The summed E-state index contributed by atoms with van der Waals surface area (Å²) in [6, 6.07) is 24.5. The maximum atomic E-state index is 13.2. The van der Waals surface area contributed by atoms with E-state index >= 15 is 0 Å². The number of fused-ring (bicyclic) bond motifs is 2. The van der Waals surface area contributed by atoms with Crippen LogP contribution in [-0.2, 0) is 6.42 Å². The van der Waals surface area contributed by atoms with Crippen molar-refractivity contribution in [1.82, 2.24) is 10.2 Å². The fourth-order valence-electron chi connectivity index (χ4n) is 4.02. The first kappa shape index (κ1) is 15.8. The van der Waals surface area contributed by atoms with Gasteiger partial charge in [-0.25, -0.2) is 0 Å². The van der Waals surface area contributed by atoms with Crippen LogP contribution in [0.1, 0.15) is 23.0 Å². The van der Waals surface area contributed by atoms with Gasteiger partial charge in [0.2, 0.25) is 0 Å². The Kier molecular flexibility index (Phi) is 3.57. The summed E-state index contributed by atoms with van der Waals surface area (Å²) in [5.41, 5.74) is 4.54.